The van der Waals surface area contributed by atoms with Crippen molar-refractivity contribution in [1.82, 2.24) is 0 Å². The van der Waals surface area contributed by atoms with Crippen LogP contribution in [0.1, 0.15) is 54.7 Å². The minimum absolute atomic E-state index is 0.0489. The van der Waals surface area contributed by atoms with Gasteiger partial charge >= 0.3 is 5.97 Å². The van der Waals surface area contributed by atoms with Crippen molar-refractivity contribution in [2.24, 2.45) is 0 Å². The van der Waals surface area contributed by atoms with Crippen LogP contribution in [0.5, 0.6) is 5.75 Å². The van der Waals surface area contributed by atoms with Crippen LogP contribution in [-0.4, -0.2) is 36.3 Å². The Morgan fingerprint density at radius 2 is 1.50 bits per heavy atom. The lowest BCUT2D eigenvalue weighted by Gasteiger charge is -2.19. The molecule has 0 aliphatic rings. The summed E-state index contributed by atoms with van der Waals surface area (Å²) in [5, 5.41) is 12.2. The largest absolute Gasteiger partial charge is 0.493 e. The number of ether oxygens (including phenoxy) is 2. The van der Waals surface area contributed by atoms with E-state index in [0.29, 0.717) is 25.2 Å². The van der Waals surface area contributed by atoms with Gasteiger partial charge in [-0.1, -0.05) is 57.2 Å². The van der Waals surface area contributed by atoms with Crippen LogP contribution < -0.4 is 10.1 Å². The van der Waals surface area contributed by atoms with E-state index < -0.39 is 12.1 Å². The van der Waals surface area contributed by atoms with E-state index in [2.05, 4.69) is 26.1 Å². The second kappa shape index (κ2) is 12.4. The van der Waals surface area contributed by atoms with Gasteiger partial charge in [0, 0.05) is 30.7 Å². The predicted octanol–water partition coefficient (Wildman–Crippen LogP) is 5.89. The molecule has 0 saturated carbocycles. The molecule has 0 spiro atoms. The summed E-state index contributed by atoms with van der Waals surface area (Å²) in [5.74, 6) is -0.369. The van der Waals surface area contributed by atoms with Crippen LogP contribution in [0.15, 0.2) is 72.8 Å². The van der Waals surface area contributed by atoms with Gasteiger partial charge in [-0.2, -0.15) is 0 Å². The van der Waals surface area contributed by atoms with Gasteiger partial charge in [0.2, 0.25) is 0 Å². The Balaban J connectivity index is 1.46. The molecule has 0 fully saturated rings. The molecule has 1 atom stereocenters. The third-order valence-corrected chi connectivity index (χ3v) is 5.87. The highest BCUT2D eigenvalue weighted by molar-refractivity contribution is 6.04. The third kappa shape index (κ3) is 7.95. The van der Waals surface area contributed by atoms with Crippen molar-refractivity contribution in [2.75, 3.05) is 18.5 Å². The van der Waals surface area contributed by atoms with Crippen molar-refractivity contribution in [2.45, 2.75) is 52.1 Å². The second-order valence-electron chi connectivity index (χ2n) is 9.71. The summed E-state index contributed by atoms with van der Waals surface area (Å²) in [4.78, 5) is 23.8. The van der Waals surface area contributed by atoms with Gasteiger partial charge in [0.05, 0.1) is 6.61 Å². The highest BCUT2D eigenvalue weighted by Gasteiger charge is 2.18. The average molecular weight is 490 g/mol. The number of carbonyl (C=O) groups excluding carboxylic acids is 1. The topological polar surface area (TPSA) is 84.9 Å². The van der Waals surface area contributed by atoms with Crippen LogP contribution in [0.4, 0.5) is 5.69 Å². The molecule has 0 radical (unpaired) electrons. The highest BCUT2D eigenvalue weighted by atomic mass is 16.5. The zero-order valence-corrected chi connectivity index (χ0v) is 21.4. The summed E-state index contributed by atoms with van der Waals surface area (Å²) in [7, 11) is 0. The van der Waals surface area contributed by atoms with E-state index in [4.69, 9.17) is 9.47 Å². The molecule has 6 heteroatoms. The molecule has 0 aliphatic heterocycles. The van der Waals surface area contributed by atoms with Crippen molar-refractivity contribution < 1.29 is 24.2 Å². The Hall–Kier alpha value is -3.64. The lowest BCUT2D eigenvalue weighted by molar-refractivity contribution is -0.149. The lowest BCUT2D eigenvalue weighted by atomic mass is 9.87. The van der Waals surface area contributed by atoms with E-state index in [0.717, 1.165) is 29.0 Å². The Morgan fingerprint density at radius 1 is 0.889 bits per heavy atom. The van der Waals surface area contributed by atoms with Crippen LogP contribution in [0, 0.1) is 0 Å². The molecule has 0 bridgehead atoms. The number of benzene rings is 3. The minimum atomic E-state index is -0.961. The summed E-state index contributed by atoms with van der Waals surface area (Å²) < 4.78 is 11.1. The first-order chi connectivity index (χ1) is 17.2. The van der Waals surface area contributed by atoms with Crippen LogP contribution in [0.3, 0.4) is 0 Å². The van der Waals surface area contributed by atoms with Crippen LogP contribution >= 0.6 is 0 Å². The van der Waals surface area contributed by atoms with Gasteiger partial charge in [0.25, 0.3) is 5.91 Å². The Labute approximate surface area is 213 Å². The molecular weight excluding hydrogens is 454 g/mol. The van der Waals surface area contributed by atoms with E-state index in [1.807, 2.05) is 72.8 Å². The smallest absolute Gasteiger partial charge is 0.333 e. The van der Waals surface area contributed by atoms with Gasteiger partial charge in [-0.05, 0) is 65.4 Å². The first-order valence-corrected chi connectivity index (χ1v) is 12.2. The number of hydrogen-bond acceptors (Lipinski definition) is 4. The van der Waals surface area contributed by atoms with Gasteiger partial charge in [0.15, 0.2) is 6.10 Å². The Bertz CT molecular complexity index is 1130. The fraction of sp³-hybridized carbons (Fsp3) is 0.333. The maximum atomic E-state index is 12.6. The first kappa shape index (κ1) is 27.0. The monoisotopic (exact) mass is 489 g/mol. The van der Waals surface area contributed by atoms with Gasteiger partial charge in [-0.15, -0.1) is 0 Å². The summed E-state index contributed by atoms with van der Waals surface area (Å²) in [6.45, 7) is 9.08. The van der Waals surface area contributed by atoms with Crippen LogP contribution in [-0.2, 0) is 27.8 Å². The minimum Gasteiger partial charge on any atom is -0.493 e. The number of amides is 1. The van der Waals surface area contributed by atoms with E-state index in [-0.39, 0.29) is 11.3 Å². The number of aliphatic carboxylic acids is 1. The molecule has 0 saturated heterocycles. The molecular formula is C30H35NO5. The molecule has 2 N–H and O–H groups in total. The number of carboxylic acids is 1. The zero-order valence-electron chi connectivity index (χ0n) is 21.4. The molecule has 3 aromatic rings. The number of hydrogen-bond donors (Lipinski definition) is 2. The molecule has 0 aromatic heterocycles. The number of rotatable bonds is 11. The molecule has 190 valence electrons. The number of carbonyl (C=O) groups is 2. The molecule has 0 aliphatic carbocycles. The van der Waals surface area contributed by atoms with Crippen LogP contribution in [0.25, 0.3) is 0 Å². The zero-order chi connectivity index (χ0) is 26.1. The van der Waals surface area contributed by atoms with Crippen molar-refractivity contribution in [3.8, 4) is 5.75 Å². The summed E-state index contributed by atoms with van der Waals surface area (Å²) >= 11 is 0. The quantitative estimate of drug-likeness (QED) is 0.351. The fourth-order valence-corrected chi connectivity index (χ4v) is 3.72. The van der Waals surface area contributed by atoms with Crippen molar-refractivity contribution >= 4 is 17.6 Å². The first-order valence-electron chi connectivity index (χ1n) is 12.2. The molecule has 3 rings (SSSR count). The standard InChI is InChI=1S/C30H35NO5/c1-5-35-27(29(33)34)20-22-8-16-26(17-9-22)36-19-18-21-6-14-25(15-7-21)31-28(32)23-10-12-24(13-11-23)30(2,3)4/h6-17,27H,5,18-20H2,1-4H3,(H,31,32)(H,33,34)/t27-/m0/s1. The fourth-order valence-electron chi connectivity index (χ4n) is 3.72. The van der Waals surface area contributed by atoms with E-state index >= 15 is 0 Å². The van der Waals surface area contributed by atoms with Gasteiger partial charge in [-0.3, -0.25) is 4.79 Å². The molecule has 3 aromatic carbocycles. The summed E-state index contributed by atoms with van der Waals surface area (Å²) in [6.07, 6.45) is 0.188. The van der Waals surface area contributed by atoms with Gasteiger partial charge < -0.3 is 19.9 Å². The van der Waals surface area contributed by atoms with Gasteiger partial charge in [0.1, 0.15) is 5.75 Å². The summed E-state index contributed by atoms with van der Waals surface area (Å²) in [6, 6.07) is 22.9. The van der Waals surface area contributed by atoms with Crippen molar-refractivity contribution in [1.29, 1.82) is 0 Å². The van der Waals surface area contributed by atoms with E-state index in [9.17, 15) is 14.7 Å². The highest BCUT2D eigenvalue weighted by Crippen LogP contribution is 2.22. The maximum Gasteiger partial charge on any atom is 0.333 e. The van der Waals surface area contributed by atoms with Crippen molar-refractivity contribution in [3.63, 3.8) is 0 Å². The summed E-state index contributed by atoms with van der Waals surface area (Å²) in [5.41, 5.74) is 4.59. The number of carboxylic acid groups (broad SMARTS) is 1. The Morgan fingerprint density at radius 3 is 2.06 bits per heavy atom. The maximum absolute atomic E-state index is 12.6. The Kier molecular flexibility index (Phi) is 9.25. The van der Waals surface area contributed by atoms with E-state index in [1.165, 1.54) is 5.56 Å². The third-order valence-electron chi connectivity index (χ3n) is 5.87. The predicted molar refractivity (Wildman–Crippen MR) is 142 cm³/mol. The average Bonchev–Trinajstić information content (AvgIpc) is 2.85. The lowest BCUT2D eigenvalue weighted by Crippen LogP contribution is -2.26. The number of nitrogens with one attached hydrogen (secondary N) is 1. The number of anilines is 1. The van der Waals surface area contributed by atoms with Crippen LogP contribution in [0.2, 0.25) is 0 Å². The van der Waals surface area contributed by atoms with E-state index in [1.54, 1.807) is 6.92 Å². The molecule has 6 nitrogen and oxygen atoms in total. The van der Waals surface area contributed by atoms with Gasteiger partial charge in [-0.25, -0.2) is 4.79 Å². The molecule has 0 heterocycles. The molecule has 36 heavy (non-hydrogen) atoms. The SMILES string of the molecule is CCO[C@@H](Cc1ccc(OCCc2ccc(NC(=O)c3ccc(C(C)(C)C)cc3)cc2)cc1)C(=O)O. The molecule has 0 unspecified atom stereocenters. The second-order valence-corrected chi connectivity index (χ2v) is 9.71. The normalized spacial score (nSPS) is 12.1. The molecule has 1 amide bonds. The van der Waals surface area contributed by atoms with Crippen molar-refractivity contribution in [3.05, 3.63) is 95.1 Å².